The van der Waals surface area contributed by atoms with E-state index in [0.29, 0.717) is 25.4 Å². The molecule has 0 spiro atoms. The fourth-order valence-corrected chi connectivity index (χ4v) is 2.90. The number of nitrogens with zero attached hydrogens (tertiary/aromatic N) is 1. The Morgan fingerprint density at radius 3 is 2.39 bits per heavy atom. The molecular formula is C17H23ClNO4-. The third kappa shape index (κ3) is 4.37. The van der Waals surface area contributed by atoms with Gasteiger partial charge in [-0.05, 0) is 24.1 Å². The molecule has 0 atom stereocenters. The van der Waals surface area contributed by atoms with Crippen LogP contribution in [-0.2, 0) is 11.2 Å². The topological polar surface area (TPSA) is 48.0 Å². The van der Waals surface area contributed by atoms with Crippen LogP contribution in [0.4, 0.5) is 0 Å². The van der Waals surface area contributed by atoms with Crippen molar-refractivity contribution in [3.8, 4) is 11.5 Å². The summed E-state index contributed by atoms with van der Waals surface area (Å²) >= 11 is 0. The van der Waals surface area contributed by atoms with E-state index in [0.717, 1.165) is 56.1 Å². The van der Waals surface area contributed by atoms with Gasteiger partial charge in [-0.3, -0.25) is 9.69 Å². The van der Waals surface area contributed by atoms with Gasteiger partial charge in [0, 0.05) is 31.6 Å². The number of morpholine rings is 1. The van der Waals surface area contributed by atoms with E-state index in [2.05, 4.69) is 11.8 Å². The van der Waals surface area contributed by atoms with Gasteiger partial charge in [0.1, 0.15) is 13.2 Å². The Hall–Kier alpha value is -1.30. The van der Waals surface area contributed by atoms with Crippen LogP contribution in [0.5, 0.6) is 11.5 Å². The summed E-state index contributed by atoms with van der Waals surface area (Å²) in [6, 6.07) is 3.81. The van der Waals surface area contributed by atoms with Gasteiger partial charge in [-0.25, -0.2) is 0 Å². The Balaban J connectivity index is 0.00000192. The van der Waals surface area contributed by atoms with Crippen LogP contribution < -0.4 is 21.9 Å². The molecule has 3 rings (SSSR count). The number of carbonyl (C=O) groups is 1. The lowest BCUT2D eigenvalue weighted by Crippen LogP contribution is -3.00. The second-order valence-corrected chi connectivity index (χ2v) is 5.63. The number of fused-ring (bicyclic) bond motifs is 1. The van der Waals surface area contributed by atoms with Gasteiger partial charge in [0.05, 0.1) is 13.2 Å². The van der Waals surface area contributed by atoms with Crippen molar-refractivity contribution in [3.63, 3.8) is 0 Å². The van der Waals surface area contributed by atoms with Gasteiger partial charge in [-0.1, -0.05) is 6.92 Å². The SMILES string of the molecule is CCc1cc2c(cc1C(=O)CCN1CCOCC1)OCCO2.[Cl-]. The third-order valence-corrected chi connectivity index (χ3v) is 4.21. The minimum absolute atomic E-state index is 0. The number of hydrogen-bond donors (Lipinski definition) is 0. The molecule has 0 aromatic heterocycles. The Labute approximate surface area is 143 Å². The summed E-state index contributed by atoms with van der Waals surface area (Å²) in [5.74, 6) is 1.63. The molecule has 0 saturated carbocycles. The summed E-state index contributed by atoms with van der Waals surface area (Å²) in [7, 11) is 0. The zero-order valence-corrected chi connectivity index (χ0v) is 14.2. The summed E-state index contributed by atoms with van der Waals surface area (Å²) in [6.45, 7) is 7.31. The fraction of sp³-hybridized carbons (Fsp3) is 0.588. The molecule has 23 heavy (non-hydrogen) atoms. The maximum absolute atomic E-state index is 12.6. The molecule has 1 aromatic carbocycles. The van der Waals surface area contributed by atoms with Crippen LogP contribution in [0, 0.1) is 0 Å². The molecule has 1 aromatic rings. The molecule has 1 fully saturated rings. The van der Waals surface area contributed by atoms with E-state index in [1.807, 2.05) is 12.1 Å². The van der Waals surface area contributed by atoms with Crippen molar-refractivity contribution in [2.45, 2.75) is 19.8 Å². The zero-order chi connectivity index (χ0) is 15.4. The van der Waals surface area contributed by atoms with Crippen molar-refractivity contribution < 1.29 is 31.4 Å². The minimum Gasteiger partial charge on any atom is -1.00 e. The maximum atomic E-state index is 12.6. The van der Waals surface area contributed by atoms with Crippen LogP contribution in [0.3, 0.4) is 0 Å². The quantitative estimate of drug-likeness (QED) is 0.639. The largest absolute Gasteiger partial charge is 1.00 e. The smallest absolute Gasteiger partial charge is 0.164 e. The number of halogens is 1. The molecule has 0 radical (unpaired) electrons. The van der Waals surface area contributed by atoms with Crippen molar-refractivity contribution in [2.24, 2.45) is 0 Å². The number of benzene rings is 1. The highest BCUT2D eigenvalue weighted by Crippen LogP contribution is 2.34. The van der Waals surface area contributed by atoms with Crippen LogP contribution in [0.2, 0.25) is 0 Å². The third-order valence-electron chi connectivity index (χ3n) is 4.21. The molecule has 128 valence electrons. The fourth-order valence-electron chi connectivity index (χ4n) is 2.90. The van der Waals surface area contributed by atoms with E-state index >= 15 is 0 Å². The molecule has 6 heteroatoms. The van der Waals surface area contributed by atoms with E-state index in [-0.39, 0.29) is 18.2 Å². The molecule has 0 aliphatic carbocycles. The van der Waals surface area contributed by atoms with Gasteiger partial charge >= 0.3 is 0 Å². The second-order valence-electron chi connectivity index (χ2n) is 5.63. The number of hydrogen-bond acceptors (Lipinski definition) is 5. The summed E-state index contributed by atoms with van der Waals surface area (Å²) in [6.07, 6.45) is 1.35. The first-order valence-corrected chi connectivity index (χ1v) is 8.03. The van der Waals surface area contributed by atoms with Crippen molar-refractivity contribution in [2.75, 3.05) is 46.1 Å². The standard InChI is InChI=1S/C17H23NO4.ClH/c1-2-13-11-16-17(22-10-9-21-16)12-14(13)15(19)3-4-18-5-7-20-8-6-18;/h11-12H,2-10H2,1H3;1H/p-1. The van der Waals surface area contributed by atoms with Gasteiger partial charge in [0.15, 0.2) is 17.3 Å². The zero-order valence-electron chi connectivity index (χ0n) is 13.5. The normalized spacial score (nSPS) is 17.4. The number of carbonyl (C=O) groups excluding carboxylic acids is 1. The second kappa shape index (κ2) is 8.52. The molecule has 0 bridgehead atoms. The lowest BCUT2D eigenvalue weighted by Gasteiger charge is -2.26. The molecular weight excluding hydrogens is 318 g/mol. The first-order valence-electron chi connectivity index (χ1n) is 8.03. The first kappa shape index (κ1) is 18.0. The molecule has 0 unspecified atom stereocenters. The number of aryl methyl sites for hydroxylation is 1. The van der Waals surface area contributed by atoms with E-state index in [9.17, 15) is 4.79 Å². The average molecular weight is 341 g/mol. The Kier molecular flexibility index (Phi) is 6.69. The van der Waals surface area contributed by atoms with Crippen LogP contribution in [0.25, 0.3) is 0 Å². The average Bonchev–Trinajstić information content (AvgIpc) is 2.59. The summed E-state index contributed by atoms with van der Waals surface area (Å²) in [4.78, 5) is 14.9. The lowest BCUT2D eigenvalue weighted by molar-refractivity contribution is -0.0000137. The Morgan fingerprint density at radius 1 is 1.09 bits per heavy atom. The molecule has 2 heterocycles. The number of ketones is 1. The number of Topliss-reactive ketones (excluding diaryl/α,β-unsaturated/α-hetero) is 1. The van der Waals surface area contributed by atoms with Gasteiger partial charge in [0.25, 0.3) is 0 Å². The highest BCUT2D eigenvalue weighted by Gasteiger charge is 2.20. The predicted molar refractivity (Wildman–Crippen MR) is 83.0 cm³/mol. The molecule has 2 aliphatic rings. The highest BCUT2D eigenvalue weighted by atomic mass is 35.5. The van der Waals surface area contributed by atoms with E-state index < -0.39 is 0 Å². The van der Waals surface area contributed by atoms with Crippen LogP contribution in [0.15, 0.2) is 12.1 Å². The van der Waals surface area contributed by atoms with Crippen LogP contribution in [-0.4, -0.2) is 56.7 Å². The van der Waals surface area contributed by atoms with Crippen molar-refractivity contribution in [1.29, 1.82) is 0 Å². The lowest BCUT2D eigenvalue weighted by atomic mass is 9.98. The van der Waals surface area contributed by atoms with Gasteiger partial charge in [-0.2, -0.15) is 0 Å². The first-order chi connectivity index (χ1) is 10.8. The van der Waals surface area contributed by atoms with Gasteiger partial charge in [0.2, 0.25) is 0 Å². The van der Waals surface area contributed by atoms with Gasteiger partial charge in [-0.15, -0.1) is 0 Å². The Morgan fingerprint density at radius 2 is 1.74 bits per heavy atom. The van der Waals surface area contributed by atoms with Crippen molar-refractivity contribution in [3.05, 3.63) is 23.3 Å². The van der Waals surface area contributed by atoms with Crippen LogP contribution >= 0.6 is 0 Å². The van der Waals surface area contributed by atoms with Crippen LogP contribution in [0.1, 0.15) is 29.3 Å². The number of ether oxygens (including phenoxy) is 3. The molecule has 0 N–H and O–H groups in total. The highest BCUT2D eigenvalue weighted by molar-refractivity contribution is 5.98. The maximum Gasteiger partial charge on any atom is 0.164 e. The summed E-state index contributed by atoms with van der Waals surface area (Å²) in [5, 5.41) is 0. The van der Waals surface area contributed by atoms with Gasteiger partial charge < -0.3 is 26.6 Å². The van der Waals surface area contributed by atoms with E-state index in [4.69, 9.17) is 14.2 Å². The molecule has 2 aliphatic heterocycles. The van der Waals surface area contributed by atoms with Crippen molar-refractivity contribution in [1.82, 2.24) is 4.90 Å². The Bertz CT molecular complexity index is 544. The molecule has 5 nitrogen and oxygen atoms in total. The summed E-state index contributed by atoms with van der Waals surface area (Å²) in [5.41, 5.74) is 1.82. The summed E-state index contributed by atoms with van der Waals surface area (Å²) < 4.78 is 16.5. The molecule has 0 amide bonds. The van der Waals surface area contributed by atoms with E-state index in [1.165, 1.54) is 0 Å². The monoisotopic (exact) mass is 340 g/mol. The van der Waals surface area contributed by atoms with Crippen molar-refractivity contribution >= 4 is 5.78 Å². The van der Waals surface area contributed by atoms with E-state index in [1.54, 1.807) is 0 Å². The molecule has 1 saturated heterocycles. The predicted octanol–water partition coefficient (Wildman–Crippen LogP) is -1.07. The minimum atomic E-state index is 0. The number of rotatable bonds is 5.